The Morgan fingerprint density at radius 3 is 2.25 bits per heavy atom. The summed E-state index contributed by atoms with van der Waals surface area (Å²) < 4.78 is 67.2. The maximum atomic E-state index is 13.5. The third-order valence-corrected chi connectivity index (χ3v) is 12.6. The van der Waals surface area contributed by atoms with Crippen molar-refractivity contribution in [1.82, 2.24) is 0 Å². The second-order valence-corrected chi connectivity index (χ2v) is 16.6. The van der Waals surface area contributed by atoms with Crippen LogP contribution in [-0.4, -0.2) is 79.4 Å². The number of rotatable bonds is 7. The molecule has 4 aliphatic rings. The number of halogens is 3. The highest BCUT2D eigenvalue weighted by Crippen LogP contribution is 2.72. The van der Waals surface area contributed by atoms with E-state index in [0.717, 1.165) is 12.5 Å². The number of hydrogen-bond donors (Lipinski definition) is 0. The largest absolute Gasteiger partial charge is 0.451 e. The standard InChI is InChI=1S/C25H31Cl2IO10S2/c1-13(29)36-24(18(31)12-28)9-7-15-19-21(38-40(5,34)35)20(37-39(4,32)33)16-10-14(30)6-8-22(16,2)25(19,27)17(26)11-23(15,24)3/h6,8,10,15,17,19-21H,7,9,11-12H2,1-5H3/t15-,17?,19+,20?,21?,22-,23-,24-,25+/m0/s1. The first kappa shape index (κ1) is 32.3. The van der Waals surface area contributed by atoms with E-state index in [2.05, 4.69) is 0 Å². The van der Waals surface area contributed by atoms with Crippen LogP contribution < -0.4 is 0 Å². The van der Waals surface area contributed by atoms with E-state index in [1.54, 1.807) is 19.9 Å². The molecule has 3 unspecified atom stereocenters. The van der Waals surface area contributed by atoms with Gasteiger partial charge in [0.1, 0.15) is 12.2 Å². The third-order valence-electron chi connectivity index (χ3n) is 9.21. The lowest BCUT2D eigenvalue weighted by Crippen LogP contribution is -2.73. The van der Waals surface area contributed by atoms with Gasteiger partial charge in [-0.25, -0.2) is 0 Å². The molecule has 0 aromatic rings. The van der Waals surface area contributed by atoms with Crippen LogP contribution in [0.5, 0.6) is 0 Å². The highest BCUT2D eigenvalue weighted by Gasteiger charge is 2.77. The fourth-order valence-electron chi connectivity index (χ4n) is 7.75. The number of carbonyl (C=O) groups is 3. The normalized spacial score (nSPS) is 42.9. The van der Waals surface area contributed by atoms with Crippen LogP contribution in [0.2, 0.25) is 0 Å². The van der Waals surface area contributed by atoms with E-state index in [0.29, 0.717) is 0 Å². The summed E-state index contributed by atoms with van der Waals surface area (Å²) in [4.78, 5) is 36.9. The Bertz CT molecular complexity index is 1430. The number of Topliss-reactive ketones (excluding diaryl/α,β-unsaturated/α-hetero) is 1. The van der Waals surface area contributed by atoms with E-state index in [4.69, 9.17) is 36.3 Å². The topological polar surface area (TPSA) is 147 Å². The monoisotopic (exact) mass is 752 g/mol. The summed E-state index contributed by atoms with van der Waals surface area (Å²) in [7, 11) is -8.48. The number of esters is 1. The van der Waals surface area contributed by atoms with Crippen molar-refractivity contribution >= 4 is 83.6 Å². The van der Waals surface area contributed by atoms with Crippen LogP contribution in [0.3, 0.4) is 0 Å². The molecule has 10 nitrogen and oxygen atoms in total. The molecular weight excluding hydrogens is 722 g/mol. The van der Waals surface area contributed by atoms with Crippen molar-refractivity contribution in [2.24, 2.45) is 22.7 Å². The Morgan fingerprint density at radius 1 is 1.12 bits per heavy atom. The smallest absolute Gasteiger partial charge is 0.303 e. The molecule has 4 aliphatic carbocycles. The lowest BCUT2D eigenvalue weighted by Gasteiger charge is -2.66. The summed E-state index contributed by atoms with van der Waals surface area (Å²) in [6.45, 7) is 4.67. The van der Waals surface area contributed by atoms with E-state index in [-0.39, 0.29) is 35.0 Å². The zero-order valence-electron chi connectivity index (χ0n) is 22.5. The molecule has 0 amide bonds. The second-order valence-electron chi connectivity index (χ2n) is 11.5. The number of fused-ring (bicyclic) bond motifs is 5. The van der Waals surface area contributed by atoms with E-state index in [9.17, 15) is 31.2 Å². The zero-order valence-corrected chi connectivity index (χ0v) is 27.8. The fraction of sp³-hybridized carbons (Fsp3) is 0.720. The maximum absolute atomic E-state index is 13.5. The first-order chi connectivity index (χ1) is 18.2. The molecular formula is C25H31Cl2IO10S2. The van der Waals surface area contributed by atoms with Crippen LogP contribution in [0.4, 0.5) is 0 Å². The minimum Gasteiger partial charge on any atom is -0.451 e. The van der Waals surface area contributed by atoms with Crippen molar-refractivity contribution in [3.8, 4) is 0 Å². The average Bonchev–Trinajstić information content (AvgIpc) is 3.08. The molecule has 0 spiro atoms. The molecule has 0 N–H and O–H groups in total. The molecule has 0 aliphatic heterocycles. The molecule has 15 heteroatoms. The first-order valence-corrected chi connectivity index (χ1v) is 18.5. The highest BCUT2D eigenvalue weighted by atomic mass is 127. The van der Waals surface area contributed by atoms with Crippen molar-refractivity contribution < 1.29 is 44.3 Å². The molecule has 9 atom stereocenters. The summed E-state index contributed by atoms with van der Waals surface area (Å²) in [5.74, 6) is -3.12. The molecule has 0 aromatic carbocycles. The van der Waals surface area contributed by atoms with Gasteiger partial charge < -0.3 is 4.74 Å². The molecule has 0 bridgehead atoms. The minimum atomic E-state index is -4.26. The molecule has 4 rings (SSSR count). The van der Waals surface area contributed by atoms with Crippen LogP contribution in [0.1, 0.15) is 40.0 Å². The van der Waals surface area contributed by atoms with Crippen LogP contribution in [0, 0.1) is 22.7 Å². The molecule has 0 aromatic heterocycles. The predicted octanol–water partition coefficient (Wildman–Crippen LogP) is 3.09. The van der Waals surface area contributed by atoms with Crippen molar-refractivity contribution in [3.63, 3.8) is 0 Å². The number of hydrogen-bond acceptors (Lipinski definition) is 10. The van der Waals surface area contributed by atoms with Gasteiger partial charge >= 0.3 is 5.97 Å². The summed E-state index contributed by atoms with van der Waals surface area (Å²) in [6.07, 6.45) is 3.03. The van der Waals surface area contributed by atoms with Gasteiger partial charge in [-0.3, -0.25) is 22.7 Å². The quantitative estimate of drug-likeness (QED) is 0.165. The number of ketones is 2. The molecule has 0 saturated heterocycles. The van der Waals surface area contributed by atoms with Crippen molar-refractivity contribution in [3.05, 3.63) is 23.8 Å². The van der Waals surface area contributed by atoms with Gasteiger partial charge in [0.2, 0.25) is 0 Å². The molecule has 3 fully saturated rings. The van der Waals surface area contributed by atoms with Crippen LogP contribution in [0.25, 0.3) is 0 Å². The Kier molecular flexibility index (Phi) is 8.29. The third kappa shape index (κ3) is 4.83. The van der Waals surface area contributed by atoms with E-state index < -0.39 is 82.7 Å². The van der Waals surface area contributed by atoms with Crippen molar-refractivity contribution in [2.45, 2.75) is 68.1 Å². The fourth-order valence-corrected chi connectivity index (χ4v) is 10.8. The van der Waals surface area contributed by atoms with Gasteiger partial charge in [-0.2, -0.15) is 16.8 Å². The lowest BCUT2D eigenvalue weighted by atomic mass is 9.45. The number of ether oxygens (including phenoxy) is 1. The zero-order chi connectivity index (χ0) is 30.3. The van der Waals surface area contributed by atoms with E-state index in [1.165, 1.54) is 19.1 Å². The van der Waals surface area contributed by atoms with Gasteiger partial charge in [-0.05, 0) is 42.9 Å². The van der Waals surface area contributed by atoms with Crippen LogP contribution >= 0.6 is 45.8 Å². The molecule has 3 saturated carbocycles. The Hall–Kier alpha value is -0.580. The van der Waals surface area contributed by atoms with Gasteiger partial charge in [0.25, 0.3) is 20.2 Å². The van der Waals surface area contributed by atoms with Gasteiger partial charge in [0, 0.05) is 23.7 Å². The Balaban J connectivity index is 2.04. The SMILES string of the molecule is CC(=O)O[C@]1(C(=O)CI)CC[C@H]2[C@@H]3C(OS(C)(=O)=O)C(OS(C)(=O)=O)C4=CC(=O)C=C[C@]4(C)[C@@]3(Cl)C(Cl)C[C@@]21C. The van der Waals surface area contributed by atoms with Gasteiger partial charge in [0.15, 0.2) is 17.2 Å². The summed E-state index contributed by atoms with van der Waals surface area (Å²) in [5.41, 5.74) is -3.87. The number of carbonyl (C=O) groups excluding carboxylic acids is 3. The van der Waals surface area contributed by atoms with Gasteiger partial charge in [0.05, 0.1) is 27.2 Å². The molecule has 0 radical (unpaired) electrons. The minimum absolute atomic E-state index is 0.0372. The summed E-state index contributed by atoms with van der Waals surface area (Å²) >= 11 is 16.7. The average molecular weight is 753 g/mol. The van der Waals surface area contributed by atoms with Gasteiger partial charge in [-0.1, -0.05) is 42.5 Å². The number of allylic oxidation sites excluding steroid dienone is 3. The second kappa shape index (κ2) is 10.3. The lowest BCUT2D eigenvalue weighted by molar-refractivity contribution is -0.189. The first-order valence-electron chi connectivity index (χ1n) is 12.5. The van der Waals surface area contributed by atoms with Crippen molar-refractivity contribution in [1.29, 1.82) is 0 Å². The van der Waals surface area contributed by atoms with Crippen molar-refractivity contribution in [2.75, 3.05) is 16.9 Å². The predicted molar refractivity (Wildman–Crippen MR) is 155 cm³/mol. The molecule has 224 valence electrons. The van der Waals surface area contributed by atoms with Crippen LogP contribution in [-0.2, 0) is 47.7 Å². The number of alkyl halides is 3. The Morgan fingerprint density at radius 2 is 1.73 bits per heavy atom. The Labute approximate surface area is 257 Å². The van der Waals surface area contributed by atoms with Crippen LogP contribution in [0.15, 0.2) is 23.8 Å². The summed E-state index contributed by atoms with van der Waals surface area (Å²) in [5, 5.41) is -0.980. The van der Waals surface area contributed by atoms with E-state index >= 15 is 0 Å². The molecule has 40 heavy (non-hydrogen) atoms. The highest BCUT2D eigenvalue weighted by molar-refractivity contribution is 14.1. The summed E-state index contributed by atoms with van der Waals surface area (Å²) in [6, 6.07) is 0. The molecule has 0 heterocycles. The van der Waals surface area contributed by atoms with Gasteiger partial charge in [-0.15, -0.1) is 23.2 Å². The van der Waals surface area contributed by atoms with E-state index in [1.807, 2.05) is 22.6 Å². The maximum Gasteiger partial charge on any atom is 0.303 e.